The summed E-state index contributed by atoms with van der Waals surface area (Å²) in [5.41, 5.74) is 8.30. The van der Waals surface area contributed by atoms with Gasteiger partial charge in [0.2, 0.25) is 0 Å². The lowest BCUT2D eigenvalue weighted by atomic mass is 10.1. The van der Waals surface area contributed by atoms with Crippen LogP contribution in [-0.4, -0.2) is 49.3 Å². The zero-order chi connectivity index (χ0) is 23.9. The Morgan fingerprint density at radius 2 is 1.83 bits per heavy atom. The molecule has 0 radical (unpaired) electrons. The minimum Gasteiger partial charge on any atom is -0.489 e. The van der Waals surface area contributed by atoms with Gasteiger partial charge in [0.1, 0.15) is 23.1 Å². The molecule has 36 heavy (non-hydrogen) atoms. The van der Waals surface area contributed by atoms with Crippen LogP contribution in [0.3, 0.4) is 0 Å². The molecule has 178 valence electrons. The molecular weight excluding hydrogens is 470 g/mol. The molecule has 3 N–H and O–H groups in total. The van der Waals surface area contributed by atoms with Crippen LogP contribution in [0.25, 0.3) is 55.7 Å². The van der Waals surface area contributed by atoms with Gasteiger partial charge in [-0.3, -0.25) is 15.1 Å². The van der Waals surface area contributed by atoms with Gasteiger partial charge in [-0.05, 0) is 72.6 Å². The van der Waals surface area contributed by atoms with Crippen molar-refractivity contribution in [2.45, 2.75) is 18.9 Å². The lowest BCUT2D eigenvalue weighted by Crippen LogP contribution is -2.34. The Morgan fingerprint density at radius 3 is 2.72 bits per heavy atom. The molecule has 8 nitrogen and oxygen atoms in total. The van der Waals surface area contributed by atoms with Crippen LogP contribution in [-0.2, 0) is 0 Å². The minimum atomic E-state index is 0.217. The molecule has 9 heteroatoms. The van der Waals surface area contributed by atoms with Crippen molar-refractivity contribution in [2.24, 2.45) is 0 Å². The van der Waals surface area contributed by atoms with Crippen molar-refractivity contribution in [1.29, 1.82) is 0 Å². The Kier molecular flexibility index (Phi) is 5.22. The van der Waals surface area contributed by atoms with Crippen LogP contribution in [0.4, 0.5) is 0 Å². The summed E-state index contributed by atoms with van der Waals surface area (Å²) in [6.45, 7) is 1.97. The third kappa shape index (κ3) is 3.82. The Hall–Kier alpha value is -4.08. The predicted octanol–water partition coefficient (Wildman–Crippen LogP) is 5.42. The molecule has 1 saturated heterocycles. The SMILES string of the molecule is c1cc(-c2cncc3[nH]c(-c4n[nH]c5ccc(-c6cncc(OC7CCNCC7)c6)nc45)cc23)cs1. The van der Waals surface area contributed by atoms with E-state index < -0.39 is 0 Å². The van der Waals surface area contributed by atoms with Crippen molar-refractivity contribution in [1.82, 2.24) is 35.5 Å². The lowest BCUT2D eigenvalue weighted by Gasteiger charge is -2.23. The first-order valence-electron chi connectivity index (χ1n) is 12.0. The van der Waals surface area contributed by atoms with Gasteiger partial charge in [0.25, 0.3) is 0 Å². The largest absolute Gasteiger partial charge is 0.489 e. The molecule has 6 aromatic rings. The summed E-state index contributed by atoms with van der Waals surface area (Å²) in [7, 11) is 0. The minimum absolute atomic E-state index is 0.217. The van der Waals surface area contributed by atoms with Gasteiger partial charge in [0.05, 0.1) is 34.8 Å². The second-order valence-electron chi connectivity index (χ2n) is 8.98. The van der Waals surface area contributed by atoms with Crippen LogP contribution < -0.4 is 10.1 Å². The van der Waals surface area contributed by atoms with Gasteiger partial charge in [-0.2, -0.15) is 16.4 Å². The van der Waals surface area contributed by atoms with E-state index in [0.29, 0.717) is 0 Å². The Balaban J connectivity index is 1.26. The van der Waals surface area contributed by atoms with Crippen molar-refractivity contribution >= 4 is 33.3 Å². The van der Waals surface area contributed by atoms with Crippen molar-refractivity contribution < 1.29 is 4.74 Å². The van der Waals surface area contributed by atoms with Gasteiger partial charge in [0, 0.05) is 28.9 Å². The normalized spacial score (nSPS) is 14.6. The molecule has 7 rings (SSSR count). The third-order valence-electron chi connectivity index (χ3n) is 6.64. The fourth-order valence-electron chi connectivity index (χ4n) is 4.80. The van der Waals surface area contributed by atoms with Crippen LogP contribution in [0.1, 0.15) is 12.8 Å². The number of ether oxygens (including phenoxy) is 1. The number of rotatable bonds is 5. The number of H-pyrrole nitrogens is 2. The van der Waals surface area contributed by atoms with E-state index in [0.717, 1.165) is 87.4 Å². The predicted molar refractivity (Wildman–Crippen MR) is 142 cm³/mol. The van der Waals surface area contributed by atoms with Crippen molar-refractivity contribution in [3.8, 4) is 39.5 Å². The number of aromatic nitrogens is 6. The topological polar surface area (TPSA) is 104 Å². The number of piperidine rings is 1. The van der Waals surface area contributed by atoms with E-state index in [2.05, 4.69) is 53.4 Å². The molecule has 0 spiro atoms. The van der Waals surface area contributed by atoms with Gasteiger partial charge < -0.3 is 15.0 Å². The fourth-order valence-corrected chi connectivity index (χ4v) is 5.46. The molecule has 1 aliphatic rings. The van der Waals surface area contributed by atoms with Crippen molar-refractivity contribution in [3.05, 3.63) is 65.9 Å². The van der Waals surface area contributed by atoms with Crippen LogP contribution in [0.5, 0.6) is 5.75 Å². The van der Waals surface area contributed by atoms with E-state index in [1.165, 1.54) is 0 Å². The van der Waals surface area contributed by atoms with Gasteiger partial charge in [0.15, 0.2) is 0 Å². The molecule has 7 heterocycles. The standard InChI is InChI=1S/C27H23N7OS/c1-2-23-26(32-22(1)17-9-19(12-29-11-17)35-18-3-6-28-7-4-18)27(34-33-23)24-10-20-21(16-5-8-36-15-16)13-30-14-25(20)31-24/h1-2,5,8-15,18,28,31H,3-4,6-7H2,(H,33,34). The number of nitrogens with zero attached hydrogens (tertiary/aromatic N) is 4. The highest BCUT2D eigenvalue weighted by atomic mass is 32.1. The van der Waals surface area contributed by atoms with Gasteiger partial charge in [-0.15, -0.1) is 0 Å². The number of pyridine rings is 3. The summed E-state index contributed by atoms with van der Waals surface area (Å²) in [4.78, 5) is 17.3. The second kappa shape index (κ2) is 8.85. The van der Waals surface area contributed by atoms with Gasteiger partial charge in [-0.25, -0.2) is 4.98 Å². The van der Waals surface area contributed by atoms with Crippen LogP contribution in [0, 0.1) is 0 Å². The number of hydrogen-bond donors (Lipinski definition) is 3. The third-order valence-corrected chi connectivity index (χ3v) is 7.32. The fraction of sp³-hybridized carbons (Fsp3) is 0.185. The van der Waals surface area contributed by atoms with Gasteiger partial charge in [-0.1, -0.05) is 0 Å². The van der Waals surface area contributed by atoms with E-state index >= 15 is 0 Å². The summed E-state index contributed by atoms with van der Waals surface area (Å²) in [5, 5.41) is 16.4. The molecule has 0 unspecified atom stereocenters. The number of thiophene rings is 1. The summed E-state index contributed by atoms with van der Waals surface area (Å²) >= 11 is 1.68. The molecule has 0 aromatic carbocycles. The van der Waals surface area contributed by atoms with E-state index in [-0.39, 0.29) is 6.10 Å². The van der Waals surface area contributed by atoms with E-state index in [1.807, 2.05) is 36.8 Å². The smallest absolute Gasteiger partial charge is 0.138 e. The number of aromatic amines is 2. The molecular formula is C27H23N7OS. The Labute approximate surface area is 210 Å². The maximum atomic E-state index is 6.20. The molecule has 0 atom stereocenters. The highest BCUT2D eigenvalue weighted by Crippen LogP contribution is 2.34. The van der Waals surface area contributed by atoms with Crippen LogP contribution in [0.2, 0.25) is 0 Å². The van der Waals surface area contributed by atoms with E-state index in [9.17, 15) is 0 Å². The molecule has 1 fully saturated rings. The zero-order valence-corrected chi connectivity index (χ0v) is 20.2. The van der Waals surface area contributed by atoms with Crippen molar-refractivity contribution in [2.75, 3.05) is 13.1 Å². The zero-order valence-electron chi connectivity index (χ0n) is 19.4. The number of nitrogens with one attached hydrogen (secondary N) is 3. The van der Waals surface area contributed by atoms with Crippen LogP contribution in [0.15, 0.2) is 65.9 Å². The maximum absolute atomic E-state index is 6.20. The molecule has 0 aliphatic carbocycles. The van der Waals surface area contributed by atoms with Crippen molar-refractivity contribution in [3.63, 3.8) is 0 Å². The molecule has 0 bridgehead atoms. The second-order valence-corrected chi connectivity index (χ2v) is 9.76. The number of fused-ring (bicyclic) bond motifs is 2. The van der Waals surface area contributed by atoms with E-state index in [4.69, 9.17) is 9.72 Å². The first-order valence-corrected chi connectivity index (χ1v) is 12.9. The maximum Gasteiger partial charge on any atom is 0.138 e. The van der Waals surface area contributed by atoms with E-state index in [1.54, 1.807) is 17.5 Å². The average molecular weight is 494 g/mol. The van der Waals surface area contributed by atoms with Gasteiger partial charge >= 0.3 is 0 Å². The Morgan fingerprint density at radius 1 is 0.917 bits per heavy atom. The monoisotopic (exact) mass is 493 g/mol. The highest BCUT2D eigenvalue weighted by Gasteiger charge is 2.17. The quantitative estimate of drug-likeness (QED) is 0.296. The first-order chi connectivity index (χ1) is 17.8. The van der Waals surface area contributed by atoms with Crippen LogP contribution >= 0.6 is 11.3 Å². The summed E-state index contributed by atoms with van der Waals surface area (Å²) < 4.78 is 6.20. The first kappa shape index (κ1) is 21.2. The average Bonchev–Trinajstić information content (AvgIpc) is 3.68. The number of hydrogen-bond acceptors (Lipinski definition) is 7. The molecule has 1 aliphatic heterocycles. The molecule has 0 saturated carbocycles. The summed E-state index contributed by atoms with van der Waals surface area (Å²) in [6, 6.07) is 10.3. The summed E-state index contributed by atoms with van der Waals surface area (Å²) in [5.74, 6) is 0.776. The highest BCUT2D eigenvalue weighted by molar-refractivity contribution is 7.08. The summed E-state index contributed by atoms with van der Waals surface area (Å²) in [6.07, 6.45) is 9.58. The Bertz CT molecular complexity index is 1660. The lowest BCUT2D eigenvalue weighted by molar-refractivity contribution is 0.162. The molecule has 6 aromatic heterocycles. The molecule has 0 amide bonds.